The van der Waals surface area contributed by atoms with Gasteiger partial charge in [-0.05, 0) is 46.7 Å². The lowest BCUT2D eigenvalue weighted by molar-refractivity contribution is -0.0328. The molecule has 0 saturated heterocycles. The molecule has 0 aromatic heterocycles. The molecule has 0 amide bonds. The first kappa shape index (κ1) is 15.9. The molecule has 0 N–H and O–H groups in total. The number of thioether (sulfide) groups is 1. The van der Waals surface area contributed by atoms with Crippen molar-refractivity contribution in [2.75, 3.05) is 6.61 Å². The molecule has 3 nitrogen and oxygen atoms in total. The molecule has 8 heteroatoms. The smallest absolute Gasteiger partial charge is 0.446 e. The van der Waals surface area contributed by atoms with Crippen molar-refractivity contribution in [2.24, 2.45) is 0 Å². The number of carbonyl (C=O) groups excluding carboxylic acids is 1. The van der Waals surface area contributed by atoms with Crippen molar-refractivity contribution in [3.8, 4) is 6.07 Å². The molecule has 0 radical (unpaired) electrons. The molecule has 0 aliphatic carbocycles. The van der Waals surface area contributed by atoms with Crippen molar-refractivity contribution in [1.82, 2.24) is 0 Å². The molecule has 0 saturated carbocycles. The Morgan fingerprint density at radius 3 is 2.63 bits per heavy atom. The van der Waals surface area contributed by atoms with E-state index in [0.29, 0.717) is 0 Å². The molecule has 0 atom stereocenters. The van der Waals surface area contributed by atoms with E-state index in [1.165, 1.54) is 6.07 Å². The van der Waals surface area contributed by atoms with Crippen molar-refractivity contribution in [3.05, 3.63) is 27.7 Å². The van der Waals surface area contributed by atoms with Gasteiger partial charge >= 0.3 is 11.5 Å². The second-order valence-corrected chi connectivity index (χ2v) is 5.14. The van der Waals surface area contributed by atoms with Crippen LogP contribution in [0.5, 0.6) is 0 Å². The lowest BCUT2D eigenvalue weighted by Gasteiger charge is -2.11. The molecule has 1 rings (SSSR count). The van der Waals surface area contributed by atoms with Crippen LogP contribution in [-0.4, -0.2) is 18.1 Å². The topological polar surface area (TPSA) is 50.1 Å². The molecule has 0 fully saturated rings. The SMILES string of the molecule is CCOC(=O)c1c(Br)ccc(SC(F)(F)F)c1C#N. The van der Waals surface area contributed by atoms with Crippen LogP contribution < -0.4 is 0 Å². The van der Waals surface area contributed by atoms with Gasteiger partial charge in [0.2, 0.25) is 0 Å². The maximum Gasteiger partial charge on any atom is 0.446 e. The third-order valence-corrected chi connectivity index (χ3v) is 3.39. The third-order valence-electron chi connectivity index (χ3n) is 1.93. The van der Waals surface area contributed by atoms with E-state index in [0.717, 1.165) is 6.07 Å². The molecule has 1 aromatic carbocycles. The fraction of sp³-hybridized carbons (Fsp3) is 0.273. The van der Waals surface area contributed by atoms with Crippen LogP contribution in [0, 0.1) is 11.3 Å². The minimum Gasteiger partial charge on any atom is -0.462 e. The maximum absolute atomic E-state index is 12.4. The van der Waals surface area contributed by atoms with Gasteiger partial charge in [-0.1, -0.05) is 0 Å². The lowest BCUT2D eigenvalue weighted by atomic mass is 10.1. The summed E-state index contributed by atoms with van der Waals surface area (Å²) in [7, 11) is 0. The van der Waals surface area contributed by atoms with Crippen LogP contribution in [0.3, 0.4) is 0 Å². The lowest BCUT2D eigenvalue weighted by Crippen LogP contribution is -2.10. The zero-order valence-electron chi connectivity index (χ0n) is 9.55. The van der Waals surface area contributed by atoms with Gasteiger partial charge in [0, 0.05) is 9.37 Å². The summed E-state index contributed by atoms with van der Waals surface area (Å²) in [5.74, 6) is -0.837. The van der Waals surface area contributed by atoms with Crippen LogP contribution in [0.4, 0.5) is 13.2 Å². The summed E-state index contributed by atoms with van der Waals surface area (Å²) in [6.07, 6.45) is 0. The summed E-state index contributed by atoms with van der Waals surface area (Å²) in [6.45, 7) is 1.62. The number of nitrogens with zero attached hydrogens (tertiary/aromatic N) is 1. The summed E-state index contributed by atoms with van der Waals surface area (Å²) < 4.78 is 42.0. The highest BCUT2D eigenvalue weighted by molar-refractivity contribution is 9.10. The van der Waals surface area contributed by atoms with E-state index in [-0.39, 0.29) is 27.1 Å². The molecule has 0 spiro atoms. The standard InChI is InChI=1S/C11H7BrF3NO2S/c1-2-18-10(17)9-6(5-16)8(4-3-7(9)12)19-11(13,14)15/h3-4H,2H2,1H3. The normalized spacial score (nSPS) is 10.9. The van der Waals surface area contributed by atoms with E-state index in [2.05, 4.69) is 15.9 Å². The van der Waals surface area contributed by atoms with E-state index in [9.17, 15) is 18.0 Å². The minimum atomic E-state index is -4.54. The summed E-state index contributed by atoms with van der Waals surface area (Å²) in [5.41, 5.74) is -5.08. The Morgan fingerprint density at radius 2 is 2.16 bits per heavy atom. The highest BCUT2D eigenvalue weighted by Gasteiger charge is 2.32. The van der Waals surface area contributed by atoms with Gasteiger partial charge in [0.05, 0.1) is 17.7 Å². The van der Waals surface area contributed by atoms with Crippen molar-refractivity contribution in [1.29, 1.82) is 5.26 Å². The highest BCUT2D eigenvalue weighted by atomic mass is 79.9. The van der Waals surface area contributed by atoms with Crippen LogP contribution >= 0.6 is 27.7 Å². The first-order valence-electron chi connectivity index (χ1n) is 4.95. The Morgan fingerprint density at radius 1 is 1.53 bits per heavy atom. The molecule has 0 aliphatic heterocycles. The highest BCUT2D eigenvalue weighted by Crippen LogP contribution is 2.40. The van der Waals surface area contributed by atoms with E-state index in [4.69, 9.17) is 10.00 Å². The van der Waals surface area contributed by atoms with E-state index in [1.54, 1.807) is 13.0 Å². The summed E-state index contributed by atoms with van der Waals surface area (Å²) in [4.78, 5) is 11.3. The molecule has 102 valence electrons. The van der Waals surface area contributed by atoms with Gasteiger partial charge in [0.1, 0.15) is 6.07 Å². The minimum absolute atomic E-state index is 0.0623. The zero-order chi connectivity index (χ0) is 14.6. The van der Waals surface area contributed by atoms with Crippen molar-refractivity contribution in [2.45, 2.75) is 17.3 Å². The number of hydrogen-bond acceptors (Lipinski definition) is 4. The van der Waals surface area contributed by atoms with Crippen LogP contribution in [0.15, 0.2) is 21.5 Å². The summed E-state index contributed by atoms with van der Waals surface area (Å²) >= 11 is 2.59. The van der Waals surface area contributed by atoms with Crippen LogP contribution in [0.2, 0.25) is 0 Å². The van der Waals surface area contributed by atoms with Gasteiger partial charge in [0.15, 0.2) is 0 Å². The molecular weight excluding hydrogens is 347 g/mol. The first-order chi connectivity index (χ1) is 8.80. The summed E-state index contributed by atoms with van der Waals surface area (Å²) in [6, 6.07) is 4.02. The Kier molecular flexibility index (Phi) is 5.26. The van der Waals surface area contributed by atoms with Gasteiger partial charge in [-0.2, -0.15) is 18.4 Å². The van der Waals surface area contributed by atoms with E-state index in [1.807, 2.05) is 0 Å². The Balaban J connectivity index is 3.35. The van der Waals surface area contributed by atoms with Gasteiger partial charge in [-0.15, -0.1) is 0 Å². The largest absolute Gasteiger partial charge is 0.462 e. The van der Waals surface area contributed by atoms with Gasteiger partial charge in [-0.25, -0.2) is 4.79 Å². The second-order valence-electron chi connectivity index (χ2n) is 3.18. The number of alkyl halides is 3. The number of benzene rings is 1. The van der Waals surface area contributed by atoms with E-state index < -0.39 is 23.2 Å². The zero-order valence-corrected chi connectivity index (χ0v) is 11.9. The first-order valence-corrected chi connectivity index (χ1v) is 6.56. The van der Waals surface area contributed by atoms with Crippen LogP contribution in [-0.2, 0) is 4.74 Å². The number of rotatable bonds is 3. The number of nitriles is 1. The van der Waals surface area contributed by atoms with Crippen molar-refractivity contribution < 1.29 is 22.7 Å². The average molecular weight is 354 g/mol. The Labute approximate surface area is 119 Å². The van der Waals surface area contributed by atoms with Crippen LogP contribution in [0.25, 0.3) is 0 Å². The monoisotopic (exact) mass is 353 g/mol. The summed E-state index contributed by atoms with van der Waals surface area (Å²) in [5, 5.41) is 8.98. The average Bonchev–Trinajstić information content (AvgIpc) is 2.29. The van der Waals surface area contributed by atoms with Crippen molar-refractivity contribution in [3.63, 3.8) is 0 Å². The molecule has 0 heterocycles. The van der Waals surface area contributed by atoms with Crippen molar-refractivity contribution >= 4 is 33.7 Å². The number of ether oxygens (including phenoxy) is 1. The number of esters is 1. The molecule has 0 bridgehead atoms. The fourth-order valence-electron chi connectivity index (χ4n) is 1.28. The number of hydrogen-bond donors (Lipinski definition) is 0. The Bertz CT molecular complexity index is 540. The Hall–Kier alpha value is -1.20. The molecule has 0 unspecified atom stereocenters. The van der Waals surface area contributed by atoms with Gasteiger partial charge in [0.25, 0.3) is 0 Å². The van der Waals surface area contributed by atoms with Gasteiger partial charge < -0.3 is 4.74 Å². The predicted octanol–water partition coefficient (Wildman–Crippen LogP) is 4.11. The van der Waals surface area contributed by atoms with Crippen LogP contribution in [0.1, 0.15) is 22.8 Å². The molecule has 0 aliphatic rings. The number of carbonyl (C=O) groups is 1. The second kappa shape index (κ2) is 6.30. The third kappa shape index (κ3) is 4.14. The fourth-order valence-corrected chi connectivity index (χ4v) is 2.41. The predicted molar refractivity (Wildman–Crippen MR) is 66.7 cm³/mol. The molecule has 19 heavy (non-hydrogen) atoms. The maximum atomic E-state index is 12.4. The molecule has 1 aromatic rings. The van der Waals surface area contributed by atoms with E-state index >= 15 is 0 Å². The van der Waals surface area contributed by atoms with Gasteiger partial charge in [-0.3, -0.25) is 0 Å². The molecular formula is C11H7BrF3NO2S. The quantitative estimate of drug-likeness (QED) is 0.606. The number of halogens is 4.